The number of amides is 1. The van der Waals surface area contributed by atoms with Crippen molar-refractivity contribution in [3.8, 4) is 5.75 Å². The molecule has 5 rings (SSSR count). The number of fused-ring (bicyclic) bond motifs is 1. The molecule has 0 saturated carbocycles. The number of rotatable bonds is 4. The normalized spacial score (nSPS) is 26.9. The van der Waals surface area contributed by atoms with Crippen molar-refractivity contribution in [2.75, 3.05) is 13.2 Å². The number of ketones is 1. The maximum Gasteiger partial charge on any atom is 0.295 e. The Morgan fingerprint density at radius 2 is 2.16 bits per heavy atom. The standard InChI is InChI=1S/C24H24N2O5/c1-14-10-17-11-15(6-7-19(17)31-14)22(27)20-21(16-4-2-8-25-12-16)26(24(29)23(20)28)13-18-5-3-9-30-18/h2,4,6-8,11-12,14,18,21,27H,3,5,9-10,13H2,1H3/b22-20+. The number of hydrogen-bond donors (Lipinski definition) is 1. The van der Waals surface area contributed by atoms with Crippen molar-refractivity contribution in [1.82, 2.24) is 9.88 Å². The van der Waals surface area contributed by atoms with Crippen LogP contribution in [0.1, 0.15) is 42.5 Å². The molecule has 3 aliphatic heterocycles. The van der Waals surface area contributed by atoms with Gasteiger partial charge in [-0.15, -0.1) is 0 Å². The van der Waals surface area contributed by atoms with Crippen LogP contribution >= 0.6 is 0 Å². The molecule has 0 aliphatic carbocycles. The highest BCUT2D eigenvalue weighted by molar-refractivity contribution is 6.46. The van der Waals surface area contributed by atoms with Crippen LogP contribution in [0.2, 0.25) is 0 Å². The van der Waals surface area contributed by atoms with Crippen molar-refractivity contribution in [2.24, 2.45) is 0 Å². The average Bonchev–Trinajstić information content (AvgIpc) is 3.48. The van der Waals surface area contributed by atoms with Gasteiger partial charge in [-0.05, 0) is 55.2 Å². The number of benzene rings is 1. The first-order chi connectivity index (χ1) is 15.0. The molecule has 3 aliphatic rings. The van der Waals surface area contributed by atoms with E-state index in [0.29, 0.717) is 24.3 Å². The molecule has 3 atom stereocenters. The van der Waals surface area contributed by atoms with E-state index in [0.717, 1.165) is 30.6 Å². The van der Waals surface area contributed by atoms with Crippen LogP contribution in [-0.2, 0) is 20.7 Å². The van der Waals surface area contributed by atoms with E-state index in [9.17, 15) is 14.7 Å². The van der Waals surface area contributed by atoms with Crippen LogP contribution in [0, 0.1) is 0 Å². The van der Waals surface area contributed by atoms with Gasteiger partial charge in [-0.1, -0.05) is 6.07 Å². The molecular weight excluding hydrogens is 396 g/mol. The van der Waals surface area contributed by atoms with E-state index in [1.54, 1.807) is 30.6 Å². The van der Waals surface area contributed by atoms with Crippen LogP contribution < -0.4 is 4.74 Å². The fourth-order valence-corrected chi connectivity index (χ4v) is 4.69. The summed E-state index contributed by atoms with van der Waals surface area (Å²) in [5.41, 5.74) is 2.24. The number of aliphatic hydroxyl groups excluding tert-OH is 1. The number of Topliss-reactive ketones (excluding diaryl/α,β-unsaturated/α-hetero) is 1. The van der Waals surface area contributed by atoms with Gasteiger partial charge in [-0.25, -0.2) is 0 Å². The molecule has 31 heavy (non-hydrogen) atoms. The lowest BCUT2D eigenvalue weighted by molar-refractivity contribution is -0.140. The SMILES string of the molecule is CC1Cc2cc(/C(O)=C3\C(=O)C(=O)N(CC4CCCO4)C3c3cccnc3)ccc2O1. The van der Waals surface area contributed by atoms with Gasteiger partial charge in [0, 0.05) is 37.5 Å². The molecule has 1 amide bonds. The van der Waals surface area contributed by atoms with E-state index in [2.05, 4.69) is 4.98 Å². The van der Waals surface area contributed by atoms with Crippen LogP contribution in [0.4, 0.5) is 0 Å². The van der Waals surface area contributed by atoms with Gasteiger partial charge >= 0.3 is 0 Å². The monoisotopic (exact) mass is 420 g/mol. The molecule has 0 bridgehead atoms. The Morgan fingerprint density at radius 1 is 1.29 bits per heavy atom. The Morgan fingerprint density at radius 3 is 2.90 bits per heavy atom. The fraction of sp³-hybridized carbons (Fsp3) is 0.375. The average molecular weight is 420 g/mol. The van der Waals surface area contributed by atoms with E-state index < -0.39 is 17.7 Å². The van der Waals surface area contributed by atoms with Crippen molar-refractivity contribution in [1.29, 1.82) is 0 Å². The highest BCUT2D eigenvalue weighted by atomic mass is 16.5. The number of ether oxygens (including phenoxy) is 2. The third-order valence-corrected chi connectivity index (χ3v) is 6.13. The van der Waals surface area contributed by atoms with Gasteiger partial charge in [-0.3, -0.25) is 14.6 Å². The minimum atomic E-state index is -0.707. The Bertz CT molecular complexity index is 1060. The summed E-state index contributed by atoms with van der Waals surface area (Å²) in [6, 6.07) is 8.23. The lowest BCUT2D eigenvalue weighted by atomic mass is 9.95. The summed E-state index contributed by atoms with van der Waals surface area (Å²) in [6.45, 7) is 2.94. The van der Waals surface area contributed by atoms with Crippen molar-refractivity contribution in [2.45, 2.75) is 44.4 Å². The van der Waals surface area contributed by atoms with E-state index in [1.165, 1.54) is 4.90 Å². The van der Waals surface area contributed by atoms with Crippen molar-refractivity contribution < 1.29 is 24.2 Å². The molecule has 7 nitrogen and oxygen atoms in total. The number of aromatic nitrogens is 1. The lowest BCUT2D eigenvalue weighted by Crippen LogP contribution is -2.36. The van der Waals surface area contributed by atoms with Gasteiger partial charge in [-0.2, -0.15) is 0 Å². The Hall–Kier alpha value is -3.19. The smallest absolute Gasteiger partial charge is 0.295 e. The quantitative estimate of drug-likeness (QED) is 0.465. The van der Waals surface area contributed by atoms with E-state index in [1.807, 2.05) is 19.1 Å². The summed E-state index contributed by atoms with van der Waals surface area (Å²) in [6.07, 6.45) is 5.72. The topological polar surface area (TPSA) is 89.0 Å². The van der Waals surface area contributed by atoms with Crippen molar-refractivity contribution in [3.05, 3.63) is 65.0 Å². The number of likely N-dealkylation sites (tertiary alicyclic amines) is 1. The second-order valence-corrected chi connectivity index (χ2v) is 8.33. The van der Waals surface area contributed by atoms with Crippen LogP contribution in [0.15, 0.2) is 48.3 Å². The second kappa shape index (κ2) is 7.81. The third kappa shape index (κ3) is 3.49. The molecule has 1 aromatic heterocycles. The predicted molar refractivity (Wildman–Crippen MR) is 112 cm³/mol. The van der Waals surface area contributed by atoms with Crippen molar-refractivity contribution in [3.63, 3.8) is 0 Å². The van der Waals surface area contributed by atoms with Gasteiger partial charge in [0.05, 0.1) is 17.7 Å². The zero-order valence-corrected chi connectivity index (χ0v) is 17.3. The molecule has 0 radical (unpaired) electrons. The first-order valence-electron chi connectivity index (χ1n) is 10.6. The minimum Gasteiger partial charge on any atom is -0.507 e. The van der Waals surface area contributed by atoms with Gasteiger partial charge in [0.25, 0.3) is 11.7 Å². The maximum absolute atomic E-state index is 13.1. The first-order valence-corrected chi connectivity index (χ1v) is 10.6. The summed E-state index contributed by atoms with van der Waals surface area (Å²) >= 11 is 0. The van der Waals surface area contributed by atoms with Gasteiger partial charge < -0.3 is 19.5 Å². The summed E-state index contributed by atoms with van der Waals surface area (Å²) in [5, 5.41) is 11.2. The molecule has 2 fully saturated rings. The molecule has 1 N–H and O–H groups in total. The lowest BCUT2D eigenvalue weighted by Gasteiger charge is -2.27. The van der Waals surface area contributed by atoms with Crippen molar-refractivity contribution >= 4 is 17.4 Å². The summed E-state index contributed by atoms with van der Waals surface area (Å²) in [4.78, 5) is 31.7. The first kappa shape index (κ1) is 19.8. The number of aliphatic hydroxyl groups is 1. The van der Waals surface area contributed by atoms with E-state index >= 15 is 0 Å². The highest BCUT2D eigenvalue weighted by Crippen LogP contribution is 2.40. The molecule has 0 spiro atoms. The number of carbonyl (C=O) groups is 2. The fourth-order valence-electron chi connectivity index (χ4n) is 4.69. The number of carbonyl (C=O) groups excluding carboxylic acids is 2. The van der Waals surface area contributed by atoms with Gasteiger partial charge in [0.2, 0.25) is 0 Å². The number of hydrogen-bond acceptors (Lipinski definition) is 6. The molecule has 1 aromatic carbocycles. The largest absolute Gasteiger partial charge is 0.507 e. The van der Waals surface area contributed by atoms with Gasteiger partial charge in [0.1, 0.15) is 17.6 Å². The molecule has 2 aromatic rings. The van der Waals surface area contributed by atoms with Crippen LogP contribution in [0.5, 0.6) is 5.75 Å². The highest BCUT2D eigenvalue weighted by Gasteiger charge is 2.47. The van der Waals surface area contributed by atoms with Crippen LogP contribution in [0.25, 0.3) is 5.76 Å². The second-order valence-electron chi connectivity index (χ2n) is 8.33. The molecule has 4 heterocycles. The molecular formula is C24H24N2O5. The van der Waals surface area contributed by atoms with Crippen LogP contribution in [0.3, 0.4) is 0 Å². The molecule has 160 valence electrons. The number of nitrogens with zero attached hydrogens (tertiary/aromatic N) is 2. The van der Waals surface area contributed by atoms with Gasteiger partial charge in [0.15, 0.2) is 0 Å². The predicted octanol–water partition coefficient (Wildman–Crippen LogP) is 3.01. The van der Waals surface area contributed by atoms with E-state index in [-0.39, 0.29) is 23.5 Å². The summed E-state index contributed by atoms with van der Waals surface area (Å²) in [5.74, 6) is -0.699. The zero-order valence-electron chi connectivity index (χ0n) is 17.3. The Balaban J connectivity index is 1.59. The molecule has 7 heteroatoms. The van der Waals surface area contributed by atoms with E-state index in [4.69, 9.17) is 9.47 Å². The Kier molecular flexibility index (Phi) is 4.98. The molecule has 2 saturated heterocycles. The summed E-state index contributed by atoms with van der Waals surface area (Å²) < 4.78 is 11.4. The third-order valence-electron chi connectivity index (χ3n) is 6.13. The number of pyridine rings is 1. The Labute approximate surface area is 180 Å². The van der Waals surface area contributed by atoms with Crippen LogP contribution in [-0.4, -0.2) is 52.0 Å². The summed E-state index contributed by atoms with van der Waals surface area (Å²) in [7, 11) is 0. The minimum absolute atomic E-state index is 0.0692. The maximum atomic E-state index is 13.1. The zero-order chi connectivity index (χ0) is 21.5. The molecule has 3 unspecified atom stereocenters.